The lowest BCUT2D eigenvalue weighted by Gasteiger charge is -2.19. The lowest BCUT2D eigenvalue weighted by molar-refractivity contribution is -0.144. The highest BCUT2D eigenvalue weighted by Crippen LogP contribution is 2.30. The third-order valence-corrected chi connectivity index (χ3v) is 9.65. The number of unbranched alkanes of at least 4 members (excludes halogenated alkanes) is 22. The van der Waals surface area contributed by atoms with Crippen LogP contribution in [0.4, 0.5) is 0 Å². The molecule has 0 unspecified atom stereocenters. The van der Waals surface area contributed by atoms with Crippen LogP contribution < -0.4 is 9.47 Å². The topological polar surface area (TPSA) is 74.3 Å². The SMILES string of the molecule is CCCCCCCCCCOC(=O)CCCCCCCOc1cccc(OCCCCCCCC(=O)OCCCCCCCCCC)c1CN(C)C. The number of carbonyl (C=O) groups is 2. The first-order valence-electron chi connectivity index (χ1n) is 21.8. The van der Waals surface area contributed by atoms with Gasteiger partial charge in [0.2, 0.25) is 0 Å². The molecule has 7 heteroatoms. The van der Waals surface area contributed by atoms with Gasteiger partial charge in [-0.1, -0.05) is 148 Å². The zero-order valence-electron chi connectivity index (χ0n) is 34.5. The monoisotopic (exact) mass is 732 g/mol. The lowest BCUT2D eigenvalue weighted by atomic mass is 10.1. The number of esters is 2. The smallest absolute Gasteiger partial charge is 0.305 e. The maximum Gasteiger partial charge on any atom is 0.305 e. The van der Waals surface area contributed by atoms with E-state index in [4.69, 9.17) is 18.9 Å². The minimum absolute atomic E-state index is 0.0416. The van der Waals surface area contributed by atoms with Crippen molar-refractivity contribution in [2.45, 2.75) is 200 Å². The van der Waals surface area contributed by atoms with Crippen LogP contribution in [0, 0.1) is 0 Å². The number of hydrogen-bond acceptors (Lipinski definition) is 7. The van der Waals surface area contributed by atoms with Crippen LogP contribution in [0.1, 0.15) is 199 Å². The molecule has 0 spiro atoms. The fourth-order valence-corrected chi connectivity index (χ4v) is 6.44. The molecule has 0 heterocycles. The molecule has 1 aromatic carbocycles. The van der Waals surface area contributed by atoms with Crippen molar-refractivity contribution in [2.24, 2.45) is 0 Å². The molecule has 0 aliphatic carbocycles. The highest BCUT2D eigenvalue weighted by Gasteiger charge is 2.13. The van der Waals surface area contributed by atoms with E-state index in [2.05, 4.69) is 32.8 Å². The molecule has 0 saturated carbocycles. The number of rotatable bonds is 38. The molecule has 0 aliphatic rings. The minimum Gasteiger partial charge on any atom is -0.493 e. The lowest BCUT2D eigenvalue weighted by Crippen LogP contribution is -2.14. The average molecular weight is 732 g/mol. The molecular formula is C45H81NO6. The van der Waals surface area contributed by atoms with Gasteiger partial charge in [0.1, 0.15) is 11.5 Å². The van der Waals surface area contributed by atoms with Crippen LogP contribution in [0.25, 0.3) is 0 Å². The van der Waals surface area contributed by atoms with Crippen molar-refractivity contribution in [3.05, 3.63) is 23.8 Å². The second-order valence-electron chi connectivity index (χ2n) is 15.1. The quantitative estimate of drug-likeness (QED) is 0.0495. The van der Waals surface area contributed by atoms with Crippen LogP contribution in [0.3, 0.4) is 0 Å². The molecular weight excluding hydrogens is 650 g/mol. The van der Waals surface area contributed by atoms with E-state index in [1.54, 1.807) is 0 Å². The molecule has 1 rings (SSSR count). The molecule has 0 aromatic heterocycles. The Bertz CT molecular complexity index is 899. The van der Waals surface area contributed by atoms with Crippen LogP contribution in [0.15, 0.2) is 18.2 Å². The summed E-state index contributed by atoms with van der Waals surface area (Å²) >= 11 is 0. The predicted octanol–water partition coefficient (Wildman–Crippen LogP) is 12.6. The number of nitrogens with zero attached hydrogens (tertiary/aromatic N) is 1. The van der Waals surface area contributed by atoms with Crippen LogP contribution in [-0.2, 0) is 25.6 Å². The van der Waals surface area contributed by atoms with Crippen LogP contribution >= 0.6 is 0 Å². The summed E-state index contributed by atoms with van der Waals surface area (Å²) in [5.74, 6) is 1.72. The molecule has 52 heavy (non-hydrogen) atoms. The first kappa shape index (κ1) is 47.7. The van der Waals surface area contributed by atoms with Gasteiger partial charge in [-0.15, -0.1) is 0 Å². The summed E-state index contributed by atoms with van der Waals surface area (Å²) in [5.41, 5.74) is 1.10. The Hall–Kier alpha value is -2.28. The molecule has 0 N–H and O–H groups in total. The first-order valence-corrected chi connectivity index (χ1v) is 21.8. The number of carbonyl (C=O) groups excluding carboxylic acids is 2. The summed E-state index contributed by atoms with van der Waals surface area (Å²) in [5, 5.41) is 0. The normalized spacial score (nSPS) is 11.2. The molecule has 0 atom stereocenters. The van der Waals surface area contributed by atoms with E-state index in [0.29, 0.717) is 39.3 Å². The second kappa shape index (κ2) is 35.7. The summed E-state index contributed by atoms with van der Waals surface area (Å²) in [6.07, 6.45) is 31.4. The van der Waals surface area contributed by atoms with E-state index >= 15 is 0 Å². The second-order valence-corrected chi connectivity index (χ2v) is 15.1. The summed E-state index contributed by atoms with van der Waals surface area (Å²) in [7, 11) is 4.14. The van der Waals surface area contributed by atoms with E-state index in [0.717, 1.165) is 113 Å². The molecule has 0 aliphatic heterocycles. The van der Waals surface area contributed by atoms with Crippen LogP contribution in [0.5, 0.6) is 11.5 Å². The molecule has 1 aromatic rings. The minimum atomic E-state index is -0.0416. The fourth-order valence-electron chi connectivity index (χ4n) is 6.44. The Kier molecular flexibility index (Phi) is 32.8. The summed E-state index contributed by atoms with van der Waals surface area (Å²) in [6, 6.07) is 6.11. The molecule has 0 saturated heterocycles. The maximum atomic E-state index is 12.0. The molecule has 302 valence electrons. The van der Waals surface area contributed by atoms with Gasteiger partial charge in [0, 0.05) is 19.4 Å². The van der Waals surface area contributed by atoms with Gasteiger partial charge in [0.25, 0.3) is 0 Å². The molecule has 0 radical (unpaired) electrons. The van der Waals surface area contributed by atoms with Gasteiger partial charge in [0.05, 0.1) is 32.0 Å². The van der Waals surface area contributed by atoms with E-state index in [-0.39, 0.29) is 11.9 Å². The highest BCUT2D eigenvalue weighted by molar-refractivity contribution is 5.69. The zero-order chi connectivity index (χ0) is 37.7. The third-order valence-electron chi connectivity index (χ3n) is 9.65. The van der Waals surface area contributed by atoms with Gasteiger partial charge in [-0.05, 0) is 64.8 Å². The van der Waals surface area contributed by atoms with Crippen molar-refractivity contribution < 1.29 is 28.5 Å². The van der Waals surface area contributed by atoms with Crippen molar-refractivity contribution in [1.29, 1.82) is 0 Å². The standard InChI is InChI=1S/C45H81NO6/c1-5-7-9-11-13-15-21-29-38-51-44(47)34-25-19-17-23-27-36-49-42-32-31-33-43(41(42)40-46(3)4)50-37-28-24-18-20-26-35-45(48)52-39-30-22-16-14-12-10-8-6-2/h31-33H,5-30,34-40H2,1-4H3. The van der Waals surface area contributed by atoms with Crippen LogP contribution in [0.2, 0.25) is 0 Å². The number of ether oxygens (including phenoxy) is 4. The van der Waals surface area contributed by atoms with E-state index in [1.165, 1.54) is 77.0 Å². The summed E-state index contributed by atoms with van der Waals surface area (Å²) in [6.45, 7) is 7.77. The maximum absolute atomic E-state index is 12.0. The average Bonchev–Trinajstić information content (AvgIpc) is 3.13. The fraction of sp³-hybridized carbons (Fsp3) is 0.822. The molecule has 0 amide bonds. The Labute approximate surface area is 320 Å². The third kappa shape index (κ3) is 29.2. The van der Waals surface area contributed by atoms with Gasteiger partial charge in [-0.2, -0.15) is 0 Å². The highest BCUT2D eigenvalue weighted by atomic mass is 16.5. The Balaban J connectivity index is 2.12. The number of hydrogen-bond donors (Lipinski definition) is 0. The van der Waals surface area contributed by atoms with Gasteiger partial charge in [-0.25, -0.2) is 0 Å². The van der Waals surface area contributed by atoms with Crippen molar-refractivity contribution >= 4 is 11.9 Å². The van der Waals surface area contributed by atoms with E-state index < -0.39 is 0 Å². The Morgan fingerprint density at radius 1 is 0.462 bits per heavy atom. The number of benzene rings is 1. The van der Waals surface area contributed by atoms with Crippen LogP contribution in [-0.4, -0.2) is 57.4 Å². The van der Waals surface area contributed by atoms with Crippen molar-refractivity contribution in [3.63, 3.8) is 0 Å². The molecule has 0 fully saturated rings. The Morgan fingerprint density at radius 3 is 1.15 bits per heavy atom. The van der Waals surface area contributed by atoms with Gasteiger partial charge < -0.3 is 23.8 Å². The largest absolute Gasteiger partial charge is 0.493 e. The van der Waals surface area contributed by atoms with Gasteiger partial charge in [-0.3, -0.25) is 9.59 Å². The van der Waals surface area contributed by atoms with Gasteiger partial charge >= 0.3 is 11.9 Å². The predicted molar refractivity (Wildman–Crippen MR) is 217 cm³/mol. The van der Waals surface area contributed by atoms with E-state index in [9.17, 15) is 9.59 Å². The summed E-state index contributed by atoms with van der Waals surface area (Å²) in [4.78, 5) is 26.2. The zero-order valence-corrected chi connectivity index (χ0v) is 34.5. The van der Waals surface area contributed by atoms with Crippen molar-refractivity contribution in [1.82, 2.24) is 4.90 Å². The molecule has 0 bridgehead atoms. The van der Waals surface area contributed by atoms with E-state index in [1.807, 2.05) is 18.2 Å². The van der Waals surface area contributed by atoms with Gasteiger partial charge in [0.15, 0.2) is 0 Å². The first-order chi connectivity index (χ1) is 25.5. The summed E-state index contributed by atoms with van der Waals surface area (Å²) < 4.78 is 23.4. The van der Waals surface area contributed by atoms with Crippen molar-refractivity contribution in [2.75, 3.05) is 40.5 Å². The molecule has 7 nitrogen and oxygen atoms in total. The Morgan fingerprint density at radius 2 is 0.788 bits per heavy atom. The van der Waals surface area contributed by atoms with Crippen molar-refractivity contribution in [3.8, 4) is 11.5 Å².